The van der Waals surface area contributed by atoms with E-state index in [-0.39, 0.29) is 11.9 Å². The number of aliphatic hydroxyl groups is 2. The molecule has 0 saturated heterocycles. The fraction of sp³-hybridized carbons (Fsp3) is 0.875. The number of carbonyl (C=O) groups excluding carboxylic acids is 1. The van der Waals surface area contributed by atoms with Crippen LogP contribution in [0.25, 0.3) is 0 Å². The lowest BCUT2D eigenvalue weighted by atomic mass is 10.0. The number of nitrogens with zero attached hydrogens (tertiary/aromatic N) is 1. The Morgan fingerprint density at radius 1 is 1.31 bits per heavy atom. The first kappa shape index (κ1) is 12.2. The highest BCUT2D eigenvalue weighted by atomic mass is 16.5. The van der Waals surface area contributed by atoms with Crippen LogP contribution in [0.2, 0.25) is 0 Å². The van der Waals surface area contributed by atoms with Crippen LogP contribution in [-0.4, -0.2) is 47.6 Å². The standard InChI is InChI=1S/C8H18N2O3/c1-5(2)6(7(11)12)9-8(13)10(3)4/h5-7,11-12H,1-4H3,(H,9,13). The van der Waals surface area contributed by atoms with Gasteiger partial charge in [0.25, 0.3) is 0 Å². The van der Waals surface area contributed by atoms with Gasteiger partial charge in [0.2, 0.25) is 0 Å². The van der Waals surface area contributed by atoms with Gasteiger partial charge in [0.1, 0.15) is 0 Å². The molecule has 0 aromatic carbocycles. The molecule has 0 aromatic heterocycles. The molecule has 0 saturated carbocycles. The molecule has 0 heterocycles. The van der Waals surface area contributed by atoms with Crippen molar-refractivity contribution in [3.05, 3.63) is 0 Å². The molecule has 0 aliphatic carbocycles. The molecular formula is C8H18N2O3. The second-order valence-corrected chi connectivity index (χ2v) is 3.53. The van der Waals surface area contributed by atoms with Crippen molar-refractivity contribution in [3.63, 3.8) is 0 Å². The lowest BCUT2D eigenvalue weighted by Crippen LogP contribution is -2.49. The maximum Gasteiger partial charge on any atom is 0.317 e. The quantitative estimate of drug-likeness (QED) is 0.530. The average Bonchev–Trinajstić information content (AvgIpc) is 1.97. The normalized spacial score (nSPS) is 13.2. The second kappa shape index (κ2) is 5.04. The summed E-state index contributed by atoms with van der Waals surface area (Å²) in [6, 6.07) is -0.957. The zero-order valence-electron chi connectivity index (χ0n) is 8.48. The monoisotopic (exact) mass is 190 g/mol. The molecule has 1 unspecified atom stereocenters. The van der Waals surface area contributed by atoms with Gasteiger partial charge in [-0.15, -0.1) is 0 Å². The van der Waals surface area contributed by atoms with Crippen LogP contribution in [0.5, 0.6) is 0 Å². The largest absolute Gasteiger partial charge is 0.366 e. The van der Waals surface area contributed by atoms with Crippen molar-refractivity contribution < 1.29 is 15.0 Å². The number of nitrogens with one attached hydrogen (secondary N) is 1. The fourth-order valence-corrected chi connectivity index (χ4v) is 0.857. The number of hydrogen-bond donors (Lipinski definition) is 3. The molecule has 0 radical (unpaired) electrons. The lowest BCUT2D eigenvalue weighted by Gasteiger charge is -2.25. The van der Waals surface area contributed by atoms with E-state index in [0.717, 1.165) is 0 Å². The van der Waals surface area contributed by atoms with Crippen LogP contribution < -0.4 is 5.32 Å². The summed E-state index contributed by atoms with van der Waals surface area (Å²) >= 11 is 0. The second-order valence-electron chi connectivity index (χ2n) is 3.53. The summed E-state index contributed by atoms with van der Waals surface area (Å²) in [7, 11) is 3.19. The van der Waals surface area contributed by atoms with Crippen LogP contribution in [0.15, 0.2) is 0 Å². The predicted octanol–water partition coefficient (Wildman–Crippen LogP) is -0.407. The first-order chi connectivity index (χ1) is 5.86. The zero-order chi connectivity index (χ0) is 10.6. The summed E-state index contributed by atoms with van der Waals surface area (Å²) in [5.74, 6) is -0.0242. The van der Waals surface area contributed by atoms with E-state index in [1.807, 2.05) is 0 Å². The highest BCUT2D eigenvalue weighted by molar-refractivity contribution is 5.73. The van der Waals surface area contributed by atoms with Crippen molar-refractivity contribution in [3.8, 4) is 0 Å². The number of amides is 2. The number of hydrogen-bond acceptors (Lipinski definition) is 3. The fourth-order valence-electron chi connectivity index (χ4n) is 0.857. The van der Waals surface area contributed by atoms with Gasteiger partial charge < -0.3 is 20.4 Å². The molecule has 5 nitrogen and oxygen atoms in total. The van der Waals surface area contributed by atoms with Gasteiger partial charge in [-0.05, 0) is 5.92 Å². The minimum Gasteiger partial charge on any atom is -0.366 e. The summed E-state index contributed by atoms with van der Waals surface area (Å²) in [5, 5.41) is 20.4. The number of aliphatic hydroxyl groups excluding tert-OH is 1. The van der Waals surface area contributed by atoms with Crippen LogP contribution in [0.4, 0.5) is 4.79 Å². The lowest BCUT2D eigenvalue weighted by molar-refractivity contribution is -0.0748. The van der Waals surface area contributed by atoms with Gasteiger partial charge in [0, 0.05) is 14.1 Å². The van der Waals surface area contributed by atoms with Gasteiger partial charge in [-0.1, -0.05) is 13.8 Å². The maximum absolute atomic E-state index is 11.2. The van der Waals surface area contributed by atoms with Crippen LogP contribution in [0.3, 0.4) is 0 Å². The van der Waals surface area contributed by atoms with Gasteiger partial charge in [0.05, 0.1) is 6.04 Å². The molecule has 0 fully saturated rings. The molecule has 2 amide bonds. The summed E-state index contributed by atoms with van der Waals surface area (Å²) in [6.07, 6.45) is -1.52. The molecule has 78 valence electrons. The van der Waals surface area contributed by atoms with E-state index in [1.165, 1.54) is 4.90 Å². The van der Waals surface area contributed by atoms with Crippen LogP contribution in [0.1, 0.15) is 13.8 Å². The van der Waals surface area contributed by atoms with E-state index in [0.29, 0.717) is 0 Å². The summed E-state index contributed by atoms with van der Waals surface area (Å²) in [5.41, 5.74) is 0. The van der Waals surface area contributed by atoms with Gasteiger partial charge in [-0.3, -0.25) is 0 Å². The summed E-state index contributed by atoms with van der Waals surface area (Å²) in [6.45, 7) is 3.61. The third-order valence-electron chi connectivity index (χ3n) is 1.74. The number of carbonyl (C=O) groups is 1. The Kier molecular flexibility index (Phi) is 4.72. The van der Waals surface area contributed by atoms with Crippen molar-refractivity contribution in [1.82, 2.24) is 10.2 Å². The molecule has 3 N–H and O–H groups in total. The van der Waals surface area contributed by atoms with Gasteiger partial charge >= 0.3 is 6.03 Å². The predicted molar refractivity (Wildman–Crippen MR) is 49.1 cm³/mol. The van der Waals surface area contributed by atoms with Crippen LogP contribution in [-0.2, 0) is 0 Å². The first-order valence-corrected chi connectivity index (χ1v) is 4.20. The molecule has 0 aromatic rings. The molecule has 1 atom stereocenters. The topological polar surface area (TPSA) is 72.8 Å². The van der Waals surface area contributed by atoms with Crippen molar-refractivity contribution in [2.24, 2.45) is 5.92 Å². The molecule has 0 aliphatic heterocycles. The minimum absolute atomic E-state index is 0.0242. The molecule has 0 rings (SSSR count). The third-order valence-corrected chi connectivity index (χ3v) is 1.74. The summed E-state index contributed by atoms with van der Waals surface area (Å²) in [4.78, 5) is 12.5. The van der Waals surface area contributed by atoms with E-state index in [9.17, 15) is 4.79 Å². The van der Waals surface area contributed by atoms with Crippen molar-refractivity contribution in [1.29, 1.82) is 0 Å². The Labute approximate surface area is 78.4 Å². The highest BCUT2D eigenvalue weighted by Crippen LogP contribution is 2.04. The average molecular weight is 190 g/mol. The number of rotatable bonds is 3. The molecule has 0 aliphatic rings. The van der Waals surface area contributed by atoms with Crippen molar-refractivity contribution >= 4 is 6.03 Å². The van der Waals surface area contributed by atoms with Gasteiger partial charge in [-0.2, -0.15) is 0 Å². The maximum atomic E-state index is 11.2. The number of urea groups is 1. The molecular weight excluding hydrogens is 172 g/mol. The minimum atomic E-state index is -1.52. The van der Waals surface area contributed by atoms with E-state index < -0.39 is 12.3 Å². The Bertz CT molecular complexity index is 161. The summed E-state index contributed by atoms with van der Waals surface area (Å²) < 4.78 is 0. The highest BCUT2D eigenvalue weighted by Gasteiger charge is 2.22. The van der Waals surface area contributed by atoms with Crippen molar-refractivity contribution in [2.45, 2.75) is 26.2 Å². The van der Waals surface area contributed by atoms with Crippen molar-refractivity contribution in [2.75, 3.05) is 14.1 Å². The van der Waals surface area contributed by atoms with Crippen LogP contribution >= 0.6 is 0 Å². The SMILES string of the molecule is CC(C)C(NC(=O)N(C)C)C(O)O. The molecule has 0 bridgehead atoms. The molecule has 0 spiro atoms. The van der Waals surface area contributed by atoms with Gasteiger partial charge in [-0.25, -0.2) is 4.79 Å². The van der Waals surface area contributed by atoms with E-state index >= 15 is 0 Å². The van der Waals surface area contributed by atoms with E-state index in [1.54, 1.807) is 27.9 Å². The zero-order valence-corrected chi connectivity index (χ0v) is 8.48. The Hall–Kier alpha value is -0.810. The van der Waals surface area contributed by atoms with E-state index in [2.05, 4.69) is 5.32 Å². The first-order valence-electron chi connectivity index (χ1n) is 4.20. The molecule has 13 heavy (non-hydrogen) atoms. The smallest absolute Gasteiger partial charge is 0.317 e. The third kappa shape index (κ3) is 4.10. The Morgan fingerprint density at radius 2 is 1.77 bits per heavy atom. The van der Waals surface area contributed by atoms with E-state index in [4.69, 9.17) is 10.2 Å². The van der Waals surface area contributed by atoms with Crippen LogP contribution in [0, 0.1) is 5.92 Å². The Morgan fingerprint density at radius 3 is 2.00 bits per heavy atom. The Balaban J connectivity index is 4.19. The van der Waals surface area contributed by atoms with Gasteiger partial charge in [0.15, 0.2) is 6.29 Å². The molecule has 5 heteroatoms.